The number of carbonyl (C=O) groups is 2. The molecular formula is C15H13F2N3O3. The van der Waals surface area contributed by atoms with Gasteiger partial charge in [0.15, 0.2) is 0 Å². The molecule has 0 spiro atoms. The summed E-state index contributed by atoms with van der Waals surface area (Å²) in [5, 5.41) is 2.34. The first-order chi connectivity index (χ1) is 11.0. The van der Waals surface area contributed by atoms with Crippen LogP contribution in [0.1, 0.15) is 20.7 Å². The number of anilines is 1. The fourth-order valence-corrected chi connectivity index (χ4v) is 1.94. The summed E-state index contributed by atoms with van der Waals surface area (Å²) in [5.41, 5.74) is 1.59. The lowest BCUT2D eigenvalue weighted by Crippen LogP contribution is -2.30. The zero-order valence-electron chi connectivity index (χ0n) is 12.0. The second-order valence-corrected chi connectivity index (χ2v) is 4.44. The Balaban J connectivity index is 2.30. The first-order valence-electron chi connectivity index (χ1n) is 6.42. The van der Waals surface area contributed by atoms with Crippen LogP contribution in [0, 0.1) is 11.6 Å². The molecule has 2 amide bonds. The van der Waals surface area contributed by atoms with Crippen LogP contribution in [0.2, 0.25) is 0 Å². The van der Waals surface area contributed by atoms with Crippen molar-refractivity contribution in [3.63, 3.8) is 0 Å². The van der Waals surface area contributed by atoms with E-state index in [9.17, 15) is 18.4 Å². The maximum Gasteiger partial charge on any atom is 0.268 e. The highest BCUT2D eigenvalue weighted by Crippen LogP contribution is 2.24. The number of benzene rings is 2. The van der Waals surface area contributed by atoms with Gasteiger partial charge >= 0.3 is 0 Å². The molecule has 0 aromatic heterocycles. The molecule has 2 rings (SSSR count). The molecule has 0 unspecified atom stereocenters. The third kappa shape index (κ3) is 3.43. The maximum absolute atomic E-state index is 13.6. The van der Waals surface area contributed by atoms with Crippen LogP contribution in [-0.4, -0.2) is 18.9 Å². The van der Waals surface area contributed by atoms with Crippen LogP contribution in [0.4, 0.5) is 14.5 Å². The molecule has 0 radical (unpaired) electrons. The first-order valence-corrected chi connectivity index (χ1v) is 6.42. The van der Waals surface area contributed by atoms with Gasteiger partial charge in [0.05, 0.1) is 12.7 Å². The predicted octanol–water partition coefficient (Wildman–Crippen LogP) is 1.83. The number of carbonyl (C=O) groups excluding carboxylic acids is 2. The number of halogens is 2. The molecule has 0 saturated carbocycles. The van der Waals surface area contributed by atoms with Crippen molar-refractivity contribution in [2.75, 3.05) is 12.4 Å². The average Bonchev–Trinajstić information content (AvgIpc) is 2.53. The number of nitrogen functional groups attached to an aromatic ring is 1. The Hall–Kier alpha value is -3.00. The summed E-state index contributed by atoms with van der Waals surface area (Å²) in [7, 11) is 1.32. The molecular weight excluding hydrogens is 308 g/mol. The van der Waals surface area contributed by atoms with Gasteiger partial charge in [0.25, 0.3) is 11.8 Å². The van der Waals surface area contributed by atoms with Gasteiger partial charge in [0.2, 0.25) is 0 Å². The van der Waals surface area contributed by atoms with Gasteiger partial charge in [-0.2, -0.15) is 0 Å². The van der Waals surface area contributed by atoms with Gasteiger partial charge in [-0.05, 0) is 24.3 Å². The molecule has 8 heteroatoms. The van der Waals surface area contributed by atoms with Gasteiger partial charge in [0.1, 0.15) is 22.9 Å². The van der Waals surface area contributed by atoms with Gasteiger partial charge in [-0.25, -0.2) is 14.6 Å². The van der Waals surface area contributed by atoms with Crippen molar-refractivity contribution in [3.05, 3.63) is 59.2 Å². The largest absolute Gasteiger partial charge is 0.496 e. The lowest BCUT2D eigenvalue weighted by atomic mass is 10.1. The lowest BCUT2D eigenvalue weighted by Gasteiger charge is -2.11. The Morgan fingerprint density at radius 1 is 1.09 bits per heavy atom. The molecule has 0 heterocycles. The van der Waals surface area contributed by atoms with Gasteiger partial charge in [-0.15, -0.1) is 0 Å². The number of ether oxygens (including phenoxy) is 1. The molecule has 4 N–H and O–H groups in total. The Morgan fingerprint density at radius 3 is 2.30 bits per heavy atom. The normalized spacial score (nSPS) is 10.1. The molecule has 2 aromatic rings. The van der Waals surface area contributed by atoms with E-state index in [-0.39, 0.29) is 17.0 Å². The van der Waals surface area contributed by atoms with E-state index in [0.717, 1.165) is 18.2 Å². The fourth-order valence-electron chi connectivity index (χ4n) is 1.94. The molecule has 2 aromatic carbocycles. The average molecular weight is 321 g/mol. The van der Waals surface area contributed by atoms with Crippen LogP contribution in [0.25, 0.3) is 0 Å². The summed E-state index contributed by atoms with van der Waals surface area (Å²) in [6.45, 7) is 0. The zero-order chi connectivity index (χ0) is 17.0. The minimum Gasteiger partial charge on any atom is -0.496 e. The quantitative estimate of drug-likeness (QED) is 0.455. The number of methoxy groups -OCH3 is 1. The lowest BCUT2D eigenvalue weighted by molar-refractivity contribution is 0.0950. The van der Waals surface area contributed by atoms with Crippen LogP contribution >= 0.6 is 0 Å². The molecule has 0 aliphatic rings. The van der Waals surface area contributed by atoms with Crippen LogP contribution in [0.3, 0.4) is 0 Å². The predicted molar refractivity (Wildman–Crippen MR) is 79.0 cm³/mol. The summed E-state index contributed by atoms with van der Waals surface area (Å²) in [4.78, 5) is 23.5. The van der Waals surface area contributed by atoms with Crippen molar-refractivity contribution in [2.24, 2.45) is 5.84 Å². The summed E-state index contributed by atoms with van der Waals surface area (Å²) < 4.78 is 32.2. The van der Waals surface area contributed by atoms with Gasteiger partial charge in [0, 0.05) is 11.8 Å². The van der Waals surface area contributed by atoms with E-state index >= 15 is 0 Å². The SMILES string of the molecule is COc1cc(NC(=O)c2c(F)cccc2F)ccc1C(=O)NN. The standard InChI is InChI=1S/C15H13F2N3O3/c1-23-12-7-8(5-6-9(12)14(21)20-18)19-15(22)13-10(16)3-2-4-11(13)17/h2-7H,18H2,1H3,(H,19,22)(H,20,21). The number of hydrogen-bond acceptors (Lipinski definition) is 4. The number of hydrazine groups is 1. The van der Waals surface area contributed by atoms with Crippen LogP contribution < -0.4 is 21.3 Å². The summed E-state index contributed by atoms with van der Waals surface area (Å²) in [6, 6.07) is 7.19. The molecule has 0 bridgehead atoms. The topological polar surface area (TPSA) is 93.4 Å². The van der Waals surface area contributed by atoms with Crippen molar-refractivity contribution in [2.45, 2.75) is 0 Å². The van der Waals surface area contributed by atoms with Crippen molar-refractivity contribution in [1.29, 1.82) is 0 Å². The van der Waals surface area contributed by atoms with E-state index in [1.807, 2.05) is 5.43 Å². The van der Waals surface area contributed by atoms with Crippen molar-refractivity contribution < 1.29 is 23.1 Å². The number of amides is 2. The van der Waals surface area contributed by atoms with E-state index in [2.05, 4.69) is 5.32 Å². The number of nitrogens with two attached hydrogens (primary N) is 1. The highest BCUT2D eigenvalue weighted by molar-refractivity contribution is 6.05. The highest BCUT2D eigenvalue weighted by atomic mass is 19.1. The van der Waals surface area contributed by atoms with Crippen molar-refractivity contribution in [1.82, 2.24) is 5.43 Å². The molecule has 0 aliphatic carbocycles. The van der Waals surface area contributed by atoms with Crippen molar-refractivity contribution in [3.8, 4) is 5.75 Å². The minimum absolute atomic E-state index is 0.139. The molecule has 0 fully saturated rings. The summed E-state index contributed by atoms with van der Waals surface area (Å²) >= 11 is 0. The molecule has 23 heavy (non-hydrogen) atoms. The first kappa shape index (κ1) is 16.4. The zero-order valence-corrected chi connectivity index (χ0v) is 12.0. The smallest absolute Gasteiger partial charge is 0.268 e. The second-order valence-electron chi connectivity index (χ2n) is 4.44. The van der Waals surface area contributed by atoms with Crippen LogP contribution in [0.5, 0.6) is 5.75 Å². The molecule has 120 valence electrons. The van der Waals surface area contributed by atoms with E-state index in [1.54, 1.807) is 0 Å². The van der Waals surface area contributed by atoms with Gasteiger partial charge in [-0.3, -0.25) is 15.0 Å². The molecule has 6 nitrogen and oxygen atoms in total. The molecule has 0 atom stereocenters. The Kier molecular flexibility index (Phi) is 4.87. The van der Waals surface area contributed by atoms with E-state index < -0.39 is 29.0 Å². The van der Waals surface area contributed by atoms with E-state index in [0.29, 0.717) is 0 Å². The highest BCUT2D eigenvalue weighted by Gasteiger charge is 2.18. The third-order valence-corrected chi connectivity index (χ3v) is 3.02. The number of nitrogens with one attached hydrogen (secondary N) is 2. The van der Waals surface area contributed by atoms with Gasteiger partial charge in [-0.1, -0.05) is 6.07 Å². The van der Waals surface area contributed by atoms with Crippen molar-refractivity contribution >= 4 is 17.5 Å². The third-order valence-electron chi connectivity index (χ3n) is 3.02. The summed E-state index contributed by atoms with van der Waals surface area (Å²) in [6.07, 6.45) is 0. The molecule has 0 saturated heterocycles. The monoisotopic (exact) mass is 321 g/mol. The van der Waals surface area contributed by atoms with Crippen LogP contribution in [0.15, 0.2) is 36.4 Å². The Morgan fingerprint density at radius 2 is 1.74 bits per heavy atom. The van der Waals surface area contributed by atoms with Crippen LogP contribution in [-0.2, 0) is 0 Å². The summed E-state index contributed by atoms with van der Waals surface area (Å²) in [5.74, 6) is 1.69. The van der Waals surface area contributed by atoms with E-state index in [1.165, 1.54) is 25.3 Å². The van der Waals surface area contributed by atoms with E-state index in [4.69, 9.17) is 10.6 Å². The number of hydrogen-bond donors (Lipinski definition) is 3. The maximum atomic E-state index is 13.6. The minimum atomic E-state index is -0.978. The van der Waals surface area contributed by atoms with Gasteiger partial charge < -0.3 is 10.1 Å². The Labute approximate surface area is 130 Å². The fraction of sp³-hybridized carbons (Fsp3) is 0.0667. The second kappa shape index (κ2) is 6.84. The number of rotatable bonds is 4. The molecule has 0 aliphatic heterocycles. The Bertz CT molecular complexity index is 745.